The molecule has 0 spiro atoms. The van der Waals surface area contributed by atoms with Crippen LogP contribution >= 0.6 is 0 Å². The lowest BCUT2D eigenvalue weighted by molar-refractivity contribution is -0.147. The third kappa shape index (κ3) is 1.69. The first-order valence-electron chi connectivity index (χ1n) is 4.83. The first-order chi connectivity index (χ1) is 6.29. The molecule has 2 saturated heterocycles. The first kappa shape index (κ1) is 8.97. The molecule has 0 aromatic heterocycles. The number of carboxylic acids is 1. The molecule has 0 bridgehead atoms. The van der Waals surface area contributed by atoms with Gasteiger partial charge in [-0.2, -0.15) is 0 Å². The van der Waals surface area contributed by atoms with E-state index in [1.807, 2.05) is 4.90 Å². The van der Waals surface area contributed by atoms with Crippen molar-refractivity contribution in [2.45, 2.75) is 18.9 Å². The van der Waals surface area contributed by atoms with Crippen LogP contribution in [0.15, 0.2) is 0 Å². The Hall–Kier alpha value is -0.610. The van der Waals surface area contributed by atoms with Gasteiger partial charge >= 0.3 is 5.97 Å². The van der Waals surface area contributed by atoms with Crippen molar-refractivity contribution in [2.75, 3.05) is 26.3 Å². The maximum Gasteiger partial charge on any atom is 0.321 e. The summed E-state index contributed by atoms with van der Waals surface area (Å²) in [5, 5.41) is 9.07. The summed E-state index contributed by atoms with van der Waals surface area (Å²) in [6.45, 7) is 3.22. The zero-order chi connectivity index (χ0) is 9.26. The Labute approximate surface area is 77.5 Å². The smallest absolute Gasteiger partial charge is 0.321 e. The summed E-state index contributed by atoms with van der Waals surface area (Å²) in [6, 6.07) is -0.295. The van der Waals surface area contributed by atoms with Crippen molar-refractivity contribution in [2.24, 2.45) is 5.92 Å². The molecule has 4 heteroatoms. The van der Waals surface area contributed by atoms with Gasteiger partial charge in [0.2, 0.25) is 0 Å². The van der Waals surface area contributed by atoms with Gasteiger partial charge in [0.25, 0.3) is 0 Å². The summed E-state index contributed by atoms with van der Waals surface area (Å²) < 4.78 is 5.22. The lowest BCUT2D eigenvalue weighted by Crippen LogP contribution is -2.52. The average Bonchev–Trinajstić information content (AvgIpc) is 2.46. The molecule has 2 aliphatic rings. The molecule has 1 N–H and O–H groups in total. The number of hydrogen-bond acceptors (Lipinski definition) is 3. The number of likely N-dealkylation sites (tertiary alicyclic amines) is 1. The van der Waals surface area contributed by atoms with Gasteiger partial charge in [0, 0.05) is 25.6 Å². The Balaban J connectivity index is 1.98. The Kier molecular flexibility index (Phi) is 2.51. The van der Waals surface area contributed by atoms with Gasteiger partial charge in [-0.3, -0.25) is 9.69 Å². The minimum absolute atomic E-state index is 0.206. The van der Waals surface area contributed by atoms with Crippen LogP contribution in [0.5, 0.6) is 0 Å². The van der Waals surface area contributed by atoms with E-state index >= 15 is 0 Å². The van der Waals surface area contributed by atoms with Crippen LogP contribution in [-0.2, 0) is 9.53 Å². The lowest BCUT2D eigenvalue weighted by atomic mass is 9.95. The van der Waals surface area contributed by atoms with Gasteiger partial charge in [0.05, 0.1) is 6.61 Å². The first-order valence-corrected chi connectivity index (χ1v) is 4.83. The largest absolute Gasteiger partial charge is 0.480 e. The molecule has 0 aromatic carbocycles. The van der Waals surface area contributed by atoms with Crippen molar-refractivity contribution in [1.82, 2.24) is 4.90 Å². The van der Waals surface area contributed by atoms with Gasteiger partial charge < -0.3 is 9.84 Å². The van der Waals surface area contributed by atoms with Gasteiger partial charge in [-0.05, 0) is 12.8 Å². The third-order valence-corrected chi connectivity index (χ3v) is 2.95. The van der Waals surface area contributed by atoms with Crippen LogP contribution in [0, 0.1) is 5.92 Å². The Morgan fingerprint density at radius 3 is 2.69 bits per heavy atom. The fraction of sp³-hybridized carbons (Fsp3) is 0.889. The number of carbonyl (C=O) groups is 1. The predicted octanol–water partition coefficient (Wildman–Crippen LogP) is 0.182. The molecular weight excluding hydrogens is 170 g/mol. The van der Waals surface area contributed by atoms with Crippen molar-refractivity contribution in [3.63, 3.8) is 0 Å². The van der Waals surface area contributed by atoms with Crippen LogP contribution in [0.1, 0.15) is 12.8 Å². The Bertz CT molecular complexity index is 197. The van der Waals surface area contributed by atoms with E-state index in [1.165, 1.54) is 0 Å². The predicted molar refractivity (Wildman–Crippen MR) is 46.5 cm³/mol. The number of carboxylic acid groups (broad SMARTS) is 1. The second-order valence-electron chi connectivity index (χ2n) is 3.80. The third-order valence-electron chi connectivity index (χ3n) is 2.95. The topological polar surface area (TPSA) is 49.8 Å². The SMILES string of the molecule is O=C(O)C(C1CCOC1)N1CCC1. The highest BCUT2D eigenvalue weighted by molar-refractivity contribution is 5.74. The zero-order valence-electron chi connectivity index (χ0n) is 7.61. The van der Waals surface area contributed by atoms with E-state index in [9.17, 15) is 4.79 Å². The van der Waals surface area contributed by atoms with E-state index < -0.39 is 5.97 Å². The Morgan fingerprint density at radius 1 is 1.54 bits per heavy atom. The minimum Gasteiger partial charge on any atom is -0.480 e. The van der Waals surface area contributed by atoms with Crippen LogP contribution in [0.2, 0.25) is 0 Å². The van der Waals surface area contributed by atoms with Crippen LogP contribution < -0.4 is 0 Å². The van der Waals surface area contributed by atoms with Gasteiger partial charge in [-0.25, -0.2) is 0 Å². The van der Waals surface area contributed by atoms with Crippen LogP contribution in [-0.4, -0.2) is 48.3 Å². The maximum absolute atomic E-state index is 11.0. The molecule has 13 heavy (non-hydrogen) atoms. The van der Waals surface area contributed by atoms with E-state index in [1.54, 1.807) is 0 Å². The van der Waals surface area contributed by atoms with E-state index in [2.05, 4.69) is 0 Å². The van der Waals surface area contributed by atoms with Crippen molar-refractivity contribution in [3.05, 3.63) is 0 Å². The highest BCUT2D eigenvalue weighted by Gasteiger charge is 2.37. The number of aliphatic carboxylic acids is 1. The van der Waals surface area contributed by atoms with Crippen molar-refractivity contribution < 1.29 is 14.6 Å². The molecule has 4 nitrogen and oxygen atoms in total. The summed E-state index contributed by atoms with van der Waals surface area (Å²) in [7, 11) is 0. The van der Waals surface area contributed by atoms with E-state index in [0.717, 1.165) is 32.5 Å². The highest BCUT2D eigenvalue weighted by Crippen LogP contribution is 2.24. The molecule has 2 aliphatic heterocycles. The second kappa shape index (κ2) is 3.64. The van der Waals surface area contributed by atoms with Crippen LogP contribution in [0.25, 0.3) is 0 Å². The molecule has 2 atom stereocenters. The average molecular weight is 185 g/mol. The standard InChI is InChI=1S/C9H15NO3/c11-9(12)8(10-3-1-4-10)7-2-5-13-6-7/h7-8H,1-6H2,(H,11,12). The summed E-state index contributed by atoms with van der Waals surface area (Å²) in [5.41, 5.74) is 0. The molecule has 74 valence electrons. The van der Waals surface area contributed by atoms with E-state index in [-0.39, 0.29) is 12.0 Å². The summed E-state index contributed by atoms with van der Waals surface area (Å²) in [6.07, 6.45) is 2.03. The fourth-order valence-corrected chi connectivity index (χ4v) is 2.08. The quantitative estimate of drug-likeness (QED) is 0.681. The summed E-state index contributed by atoms with van der Waals surface area (Å²) >= 11 is 0. The van der Waals surface area contributed by atoms with Gasteiger partial charge in [0.1, 0.15) is 6.04 Å². The monoisotopic (exact) mass is 185 g/mol. The number of rotatable bonds is 3. The van der Waals surface area contributed by atoms with Gasteiger partial charge in [0.15, 0.2) is 0 Å². The molecule has 0 radical (unpaired) electrons. The second-order valence-corrected chi connectivity index (χ2v) is 3.80. The van der Waals surface area contributed by atoms with Crippen molar-refractivity contribution in [3.8, 4) is 0 Å². The highest BCUT2D eigenvalue weighted by atomic mass is 16.5. The lowest BCUT2D eigenvalue weighted by Gasteiger charge is -2.38. The normalized spacial score (nSPS) is 31.2. The number of hydrogen-bond donors (Lipinski definition) is 1. The minimum atomic E-state index is -0.685. The van der Waals surface area contributed by atoms with E-state index in [4.69, 9.17) is 9.84 Å². The van der Waals surface area contributed by atoms with Gasteiger partial charge in [-0.15, -0.1) is 0 Å². The molecule has 2 fully saturated rings. The molecule has 2 unspecified atom stereocenters. The molecule has 0 saturated carbocycles. The number of ether oxygens (including phenoxy) is 1. The molecule has 2 heterocycles. The molecular formula is C9H15NO3. The Morgan fingerprint density at radius 2 is 2.31 bits per heavy atom. The molecule has 0 aromatic rings. The number of nitrogens with zero attached hydrogens (tertiary/aromatic N) is 1. The molecule has 2 rings (SSSR count). The molecule has 0 amide bonds. The fourth-order valence-electron chi connectivity index (χ4n) is 2.08. The van der Waals surface area contributed by atoms with Crippen LogP contribution in [0.4, 0.5) is 0 Å². The summed E-state index contributed by atoms with van der Waals surface area (Å²) in [5.74, 6) is -0.479. The zero-order valence-corrected chi connectivity index (χ0v) is 7.61. The van der Waals surface area contributed by atoms with Crippen molar-refractivity contribution in [1.29, 1.82) is 0 Å². The maximum atomic E-state index is 11.0. The van der Waals surface area contributed by atoms with E-state index in [0.29, 0.717) is 6.61 Å². The van der Waals surface area contributed by atoms with Gasteiger partial charge in [-0.1, -0.05) is 0 Å². The van der Waals surface area contributed by atoms with Crippen LogP contribution in [0.3, 0.4) is 0 Å². The molecule has 0 aliphatic carbocycles. The van der Waals surface area contributed by atoms with Crippen molar-refractivity contribution >= 4 is 5.97 Å². The summed E-state index contributed by atoms with van der Waals surface area (Å²) in [4.78, 5) is 13.1.